The van der Waals surface area contributed by atoms with Crippen LogP contribution >= 0.6 is 11.3 Å². The first-order valence-corrected chi connectivity index (χ1v) is 13.4. The molecule has 5 rings (SSSR count). The summed E-state index contributed by atoms with van der Waals surface area (Å²) in [4.78, 5) is 40.7. The van der Waals surface area contributed by atoms with Gasteiger partial charge in [0.15, 0.2) is 0 Å². The molecule has 2 unspecified atom stereocenters. The number of thiophene rings is 1. The normalized spacial score (nSPS) is 18.6. The van der Waals surface area contributed by atoms with E-state index in [1.807, 2.05) is 0 Å². The summed E-state index contributed by atoms with van der Waals surface area (Å²) in [6.07, 6.45) is 0.131. The summed E-state index contributed by atoms with van der Waals surface area (Å²) in [6.45, 7) is -1.03. The number of likely N-dealkylation sites (tertiary alicyclic amines) is 1. The zero-order chi connectivity index (χ0) is 28.6. The van der Waals surface area contributed by atoms with Crippen LogP contribution in [0.25, 0.3) is 11.1 Å². The molecule has 40 heavy (non-hydrogen) atoms. The highest BCUT2D eigenvalue weighted by Crippen LogP contribution is 2.50. The van der Waals surface area contributed by atoms with Crippen molar-refractivity contribution in [3.05, 3.63) is 81.0 Å². The predicted octanol–water partition coefficient (Wildman–Crippen LogP) is 3.39. The number of carbonyl (C=O) groups is 3. The molecule has 1 aliphatic heterocycles. The summed E-state index contributed by atoms with van der Waals surface area (Å²) < 4.78 is 43.5. The number of halogens is 3. The van der Waals surface area contributed by atoms with Crippen LogP contribution in [0.15, 0.2) is 53.9 Å². The van der Waals surface area contributed by atoms with Crippen molar-refractivity contribution >= 4 is 34.9 Å². The average molecular weight is 570 g/mol. The molecule has 1 fully saturated rings. The van der Waals surface area contributed by atoms with Crippen molar-refractivity contribution in [1.82, 2.24) is 15.5 Å². The molecule has 3 amide bonds. The molecular weight excluding hydrogens is 543 g/mol. The predicted molar refractivity (Wildman–Crippen MR) is 144 cm³/mol. The lowest BCUT2D eigenvalue weighted by Crippen LogP contribution is -2.48. The second-order valence-corrected chi connectivity index (χ2v) is 10.8. The quantitative estimate of drug-likeness (QED) is 0.245. The zero-order valence-electron chi connectivity index (χ0n) is 21.2. The van der Waals surface area contributed by atoms with Gasteiger partial charge in [-0.05, 0) is 35.7 Å². The van der Waals surface area contributed by atoms with Gasteiger partial charge in [0.05, 0.1) is 19.8 Å². The molecule has 1 saturated heterocycles. The van der Waals surface area contributed by atoms with Crippen molar-refractivity contribution < 1.29 is 27.6 Å². The van der Waals surface area contributed by atoms with E-state index in [2.05, 4.69) is 10.6 Å². The Kier molecular flexibility index (Phi) is 7.37. The number of nitrogens with zero attached hydrogens (tertiary/aromatic N) is 1. The van der Waals surface area contributed by atoms with E-state index in [0.29, 0.717) is 16.7 Å². The average Bonchev–Trinajstić information content (AvgIpc) is 3.66. The first kappa shape index (κ1) is 27.4. The van der Waals surface area contributed by atoms with Crippen LogP contribution in [0.3, 0.4) is 0 Å². The van der Waals surface area contributed by atoms with Crippen LogP contribution in [-0.4, -0.2) is 54.3 Å². The number of amides is 3. The molecule has 1 aromatic heterocycles. The van der Waals surface area contributed by atoms with Gasteiger partial charge in [-0.1, -0.05) is 30.3 Å². The lowest BCUT2D eigenvalue weighted by Gasteiger charge is -2.24. The van der Waals surface area contributed by atoms with Crippen molar-refractivity contribution in [2.45, 2.75) is 24.9 Å². The molecule has 1 aliphatic carbocycles. The van der Waals surface area contributed by atoms with Crippen molar-refractivity contribution in [1.29, 1.82) is 5.41 Å². The van der Waals surface area contributed by atoms with E-state index in [0.717, 1.165) is 10.9 Å². The van der Waals surface area contributed by atoms with E-state index in [4.69, 9.17) is 11.1 Å². The van der Waals surface area contributed by atoms with Crippen LogP contribution in [0.2, 0.25) is 0 Å². The number of nitrogens with one attached hydrogen (secondary N) is 3. The molecule has 2 atom stereocenters. The topological polar surface area (TPSA) is 128 Å². The summed E-state index contributed by atoms with van der Waals surface area (Å²) in [7, 11) is 0. The summed E-state index contributed by atoms with van der Waals surface area (Å²) in [5, 5.41) is 14.4. The summed E-state index contributed by atoms with van der Waals surface area (Å²) >= 11 is 1.32. The molecule has 8 nitrogen and oxygen atoms in total. The Labute approximate surface area is 231 Å². The minimum Gasteiger partial charge on any atom is -0.384 e. The number of benzene rings is 2. The second kappa shape index (κ2) is 10.8. The van der Waals surface area contributed by atoms with E-state index in [1.165, 1.54) is 40.5 Å². The van der Waals surface area contributed by atoms with Crippen LogP contribution in [0.4, 0.5) is 13.2 Å². The number of hydrogen-bond acceptors (Lipinski definition) is 5. The minimum absolute atomic E-state index is 0.0140. The molecule has 0 spiro atoms. The molecule has 0 bridgehead atoms. The van der Waals surface area contributed by atoms with Gasteiger partial charge in [0.1, 0.15) is 11.9 Å². The fraction of sp³-hybridized carbons (Fsp3) is 0.286. The molecule has 3 aromatic rings. The second-order valence-electron chi connectivity index (χ2n) is 9.81. The largest absolute Gasteiger partial charge is 0.384 e. The Hall–Kier alpha value is -4.19. The molecule has 2 aliphatic rings. The maximum Gasteiger partial charge on any atom is 0.299 e. The third-order valence-corrected chi connectivity index (χ3v) is 8.14. The lowest BCUT2D eigenvalue weighted by atomic mass is 10.0. The van der Waals surface area contributed by atoms with E-state index < -0.39 is 48.8 Å². The summed E-state index contributed by atoms with van der Waals surface area (Å²) in [6, 6.07) is 10.9. The standard InChI is InChI=1S/C28H26F3N5O3S/c29-10-15-7-23(27(39)34-11-18-8-17(14-40-18)25(32)33)36(13-15)24(37)12-35-26(38)16-5-6-20-19-3-1-2-4-21(19)28(30,31)22(20)9-16/h1-6,8-9,14-15,23H,7,10-13H2,(H3,32,33)(H,34,39)(H,35,38). The number of nitrogens with two attached hydrogens (primary N) is 1. The molecule has 0 saturated carbocycles. The van der Waals surface area contributed by atoms with E-state index in [-0.39, 0.29) is 42.0 Å². The highest BCUT2D eigenvalue weighted by Gasteiger charge is 2.44. The van der Waals surface area contributed by atoms with Crippen molar-refractivity contribution in [3.63, 3.8) is 0 Å². The fourth-order valence-electron chi connectivity index (χ4n) is 5.14. The molecule has 5 N–H and O–H groups in total. The van der Waals surface area contributed by atoms with Crippen LogP contribution in [0.5, 0.6) is 0 Å². The number of carbonyl (C=O) groups excluding carboxylic acids is 3. The number of hydrogen-bond donors (Lipinski definition) is 4. The monoisotopic (exact) mass is 569 g/mol. The Morgan fingerprint density at radius 3 is 2.52 bits per heavy atom. The lowest BCUT2D eigenvalue weighted by molar-refractivity contribution is -0.137. The Morgan fingerprint density at radius 2 is 1.80 bits per heavy atom. The van der Waals surface area contributed by atoms with E-state index in [9.17, 15) is 18.8 Å². The Balaban J connectivity index is 1.22. The van der Waals surface area contributed by atoms with Gasteiger partial charge < -0.3 is 21.3 Å². The minimum atomic E-state index is -3.26. The van der Waals surface area contributed by atoms with Crippen LogP contribution < -0.4 is 16.4 Å². The third-order valence-electron chi connectivity index (χ3n) is 7.21. The smallest absolute Gasteiger partial charge is 0.299 e. The van der Waals surface area contributed by atoms with Crippen LogP contribution in [0.1, 0.15) is 38.3 Å². The van der Waals surface area contributed by atoms with Crippen molar-refractivity contribution in [3.8, 4) is 11.1 Å². The van der Waals surface area contributed by atoms with Gasteiger partial charge >= 0.3 is 0 Å². The molecule has 0 radical (unpaired) electrons. The van der Waals surface area contributed by atoms with Gasteiger partial charge in [0.25, 0.3) is 11.8 Å². The van der Waals surface area contributed by atoms with Gasteiger partial charge in [0.2, 0.25) is 11.8 Å². The van der Waals surface area contributed by atoms with Crippen LogP contribution in [0, 0.1) is 11.3 Å². The first-order chi connectivity index (χ1) is 19.1. The number of alkyl halides is 3. The molecular formula is C28H26F3N5O3S. The Morgan fingerprint density at radius 1 is 1.05 bits per heavy atom. The van der Waals surface area contributed by atoms with Gasteiger partial charge in [-0.3, -0.25) is 24.2 Å². The molecule has 12 heteroatoms. The van der Waals surface area contributed by atoms with Crippen LogP contribution in [-0.2, 0) is 22.1 Å². The maximum absolute atomic E-state index is 15.0. The third kappa shape index (κ3) is 5.06. The fourth-order valence-corrected chi connectivity index (χ4v) is 5.97. The number of nitrogen functional groups attached to an aromatic ring is 1. The Bertz CT molecular complexity index is 1510. The van der Waals surface area contributed by atoms with Gasteiger partial charge in [-0.15, -0.1) is 11.3 Å². The zero-order valence-corrected chi connectivity index (χ0v) is 22.0. The molecule has 208 valence electrons. The molecule has 2 aromatic carbocycles. The number of rotatable bonds is 8. The summed E-state index contributed by atoms with van der Waals surface area (Å²) in [5.74, 6) is -5.64. The van der Waals surface area contributed by atoms with E-state index >= 15 is 8.78 Å². The number of fused-ring (bicyclic) bond motifs is 3. The van der Waals surface area contributed by atoms with Crippen molar-refractivity contribution in [2.24, 2.45) is 11.7 Å². The highest BCUT2D eigenvalue weighted by atomic mass is 32.1. The highest BCUT2D eigenvalue weighted by molar-refractivity contribution is 7.10. The first-order valence-electron chi connectivity index (χ1n) is 12.6. The van der Waals surface area contributed by atoms with Crippen molar-refractivity contribution in [2.75, 3.05) is 19.8 Å². The number of amidine groups is 1. The van der Waals surface area contributed by atoms with Gasteiger partial charge in [-0.2, -0.15) is 8.78 Å². The summed E-state index contributed by atoms with van der Waals surface area (Å²) in [5.41, 5.74) is 6.31. The molecule has 2 heterocycles. The van der Waals surface area contributed by atoms with Gasteiger partial charge in [-0.25, -0.2) is 0 Å². The van der Waals surface area contributed by atoms with Gasteiger partial charge in [0, 0.05) is 45.0 Å². The maximum atomic E-state index is 15.0. The SMILES string of the molecule is N=C(N)c1csc(CNC(=O)C2CC(CF)CN2C(=O)CNC(=O)c2ccc3c(c2)C(F)(F)c2ccccc2-3)c1. The van der Waals surface area contributed by atoms with E-state index in [1.54, 1.807) is 23.6 Å².